The van der Waals surface area contributed by atoms with Crippen LogP contribution >= 0.6 is 23.2 Å². The van der Waals surface area contributed by atoms with Crippen LogP contribution in [0.2, 0.25) is 10.0 Å². The van der Waals surface area contributed by atoms with Crippen molar-refractivity contribution in [2.24, 2.45) is 0 Å². The van der Waals surface area contributed by atoms with Crippen molar-refractivity contribution >= 4 is 29.2 Å². The molecule has 2 aromatic rings. The van der Waals surface area contributed by atoms with Crippen LogP contribution in [0.25, 0.3) is 11.5 Å². The minimum absolute atomic E-state index is 0.123. The Hall–Kier alpha value is -1.52. The maximum Gasteiger partial charge on any atom is 0.360 e. The lowest BCUT2D eigenvalue weighted by Crippen LogP contribution is -2.04. The number of halogens is 2. The van der Waals surface area contributed by atoms with E-state index in [0.29, 0.717) is 15.6 Å². The Morgan fingerprint density at radius 2 is 2.17 bits per heavy atom. The number of carbonyl (C=O) groups excluding carboxylic acids is 1. The number of hydrogen-bond donors (Lipinski definition) is 0. The smallest absolute Gasteiger partial charge is 0.360 e. The van der Waals surface area contributed by atoms with Gasteiger partial charge in [-0.1, -0.05) is 23.2 Å². The molecule has 6 heteroatoms. The Bertz CT molecular complexity index is 580. The van der Waals surface area contributed by atoms with E-state index in [4.69, 9.17) is 32.4 Å². The van der Waals surface area contributed by atoms with E-state index in [1.54, 1.807) is 25.1 Å². The molecule has 0 aliphatic heterocycles. The maximum atomic E-state index is 11.4. The van der Waals surface area contributed by atoms with E-state index in [9.17, 15) is 4.79 Å². The number of ether oxygens (including phenoxy) is 1. The summed E-state index contributed by atoms with van der Waals surface area (Å²) >= 11 is 11.7. The van der Waals surface area contributed by atoms with E-state index in [1.807, 2.05) is 0 Å². The zero-order valence-corrected chi connectivity index (χ0v) is 11.0. The lowest BCUT2D eigenvalue weighted by Gasteiger charge is -1.98. The lowest BCUT2D eigenvalue weighted by molar-refractivity contribution is 0.0519. The van der Waals surface area contributed by atoms with Gasteiger partial charge < -0.3 is 9.15 Å². The second kappa shape index (κ2) is 5.42. The minimum Gasteiger partial charge on any atom is -0.461 e. The van der Waals surface area contributed by atoms with Crippen LogP contribution in [0.3, 0.4) is 0 Å². The Kier molecular flexibility index (Phi) is 3.89. The molecule has 1 heterocycles. The highest BCUT2D eigenvalue weighted by Gasteiger charge is 2.14. The number of carbonyl (C=O) groups is 1. The molecule has 0 saturated carbocycles. The van der Waals surface area contributed by atoms with Gasteiger partial charge in [-0.3, -0.25) is 0 Å². The first kappa shape index (κ1) is 12.9. The topological polar surface area (TPSA) is 52.3 Å². The standard InChI is InChI=1S/C12H9Cl2NO3/c1-2-17-12(16)10-6-18-11(15-10)7-3-4-8(13)9(14)5-7/h3-6H,2H2,1H3. The monoisotopic (exact) mass is 285 g/mol. The molecule has 2 rings (SSSR count). The number of oxazole rings is 1. The maximum absolute atomic E-state index is 11.4. The molecular weight excluding hydrogens is 277 g/mol. The molecule has 4 nitrogen and oxygen atoms in total. The van der Waals surface area contributed by atoms with Gasteiger partial charge in [0.05, 0.1) is 16.7 Å². The largest absolute Gasteiger partial charge is 0.461 e. The molecule has 0 saturated heterocycles. The number of nitrogens with zero attached hydrogens (tertiary/aromatic N) is 1. The molecule has 0 amide bonds. The van der Waals surface area contributed by atoms with Crippen molar-refractivity contribution in [3.63, 3.8) is 0 Å². The fraction of sp³-hybridized carbons (Fsp3) is 0.167. The van der Waals surface area contributed by atoms with E-state index in [-0.39, 0.29) is 18.2 Å². The highest BCUT2D eigenvalue weighted by Crippen LogP contribution is 2.28. The van der Waals surface area contributed by atoms with Crippen LogP contribution in [-0.2, 0) is 4.74 Å². The molecule has 1 aromatic carbocycles. The van der Waals surface area contributed by atoms with Crippen molar-refractivity contribution in [1.29, 1.82) is 0 Å². The van der Waals surface area contributed by atoms with Gasteiger partial charge in [0.15, 0.2) is 5.69 Å². The Labute approximate surface area is 113 Å². The predicted octanol–water partition coefficient (Wildman–Crippen LogP) is 3.83. The van der Waals surface area contributed by atoms with Crippen molar-refractivity contribution in [1.82, 2.24) is 4.98 Å². The summed E-state index contributed by atoms with van der Waals surface area (Å²) in [6.07, 6.45) is 1.25. The molecule has 18 heavy (non-hydrogen) atoms. The van der Waals surface area contributed by atoms with Gasteiger partial charge >= 0.3 is 5.97 Å². The Morgan fingerprint density at radius 1 is 1.39 bits per heavy atom. The van der Waals surface area contributed by atoms with Crippen LogP contribution in [0.15, 0.2) is 28.9 Å². The summed E-state index contributed by atoms with van der Waals surface area (Å²) in [4.78, 5) is 15.4. The first-order valence-electron chi connectivity index (χ1n) is 5.20. The quantitative estimate of drug-likeness (QED) is 0.805. The van der Waals surface area contributed by atoms with Gasteiger partial charge in [-0.15, -0.1) is 0 Å². The number of esters is 1. The van der Waals surface area contributed by atoms with Gasteiger partial charge in [-0.2, -0.15) is 0 Å². The molecule has 1 aromatic heterocycles. The minimum atomic E-state index is -0.521. The molecule has 94 valence electrons. The molecule has 0 aliphatic rings. The highest BCUT2D eigenvalue weighted by atomic mass is 35.5. The molecule has 0 aliphatic carbocycles. The van der Waals surface area contributed by atoms with Gasteiger partial charge in [0.25, 0.3) is 0 Å². The summed E-state index contributed by atoms with van der Waals surface area (Å²) in [6.45, 7) is 2.01. The summed E-state index contributed by atoms with van der Waals surface area (Å²) in [7, 11) is 0. The summed E-state index contributed by atoms with van der Waals surface area (Å²) in [5, 5.41) is 0.836. The second-order valence-corrected chi connectivity index (χ2v) is 4.20. The van der Waals surface area contributed by atoms with Gasteiger partial charge in [0.1, 0.15) is 6.26 Å². The second-order valence-electron chi connectivity index (χ2n) is 3.39. The fourth-order valence-electron chi connectivity index (χ4n) is 1.33. The molecule has 0 radical (unpaired) electrons. The number of hydrogen-bond acceptors (Lipinski definition) is 4. The zero-order valence-electron chi connectivity index (χ0n) is 9.44. The Morgan fingerprint density at radius 3 is 2.83 bits per heavy atom. The third-order valence-electron chi connectivity index (χ3n) is 2.16. The molecule has 0 unspecified atom stereocenters. The number of rotatable bonds is 3. The third kappa shape index (κ3) is 2.66. The lowest BCUT2D eigenvalue weighted by atomic mass is 10.2. The summed E-state index contributed by atoms with van der Waals surface area (Å²) in [6, 6.07) is 4.95. The molecule has 0 spiro atoms. The van der Waals surface area contributed by atoms with Gasteiger partial charge in [0.2, 0.25) is 5.89 Å². The van der Waals surface area contributed by atoms with Crippen molar-refractivity contribution in [3.05, 3.63) is 40.2 Å². The summed E-state index contributed by atoms with van der Waals surface area (Å²) < 4.78 is 10.0. The first-order valence-corrected chi connectivity index (χ1v) is 5.95. The Balaban J connectivity index is 2.29. The van der Waals surface area contributed by atoms with Gasteiger partial charge in [-0.25, -0.2) is 9.78 Å². The van der Waals surface area contributed by atoms with Crippen LogP contribution < -0.4 is 0 Å². The average Bonchev–Trinajstić information content (AvgIpc) is 2.82. The SMILES string of the molecule is CCOC(=O)c1coc(-c2ccc(Cl)c(Cl)c2)n1. The van der Waals surface area contributed by atoms with E-state index in [0.717, 1.165) is 0 Å². The van der Waals surface area contributed by atoms with Crippen LogP contribution in [0.4, 0.5) is 0 Å². The summed E-state index contributed by atoms with van der Waals surface area (Å²) in [5.74, 6) is -0.232. The van der Waals surface area contributed by atoms with E-state index >= 15 is 0 Å². The highest BCUT2D eigenvalue weighted by molar-refractivity contribution is 6.42. The van der Waals surface area contributed by atoms with Crippen molar-refractivity contribution < 1.29 is 13.9 Å². The molecule has 0 atom stereocenters. The van der Waals surface area contributed by atoms with Crippen LogP contribution in [0.1, 0.15) is 17.4 Å². The van der Waals surface area contributed by atoms with Gasteiger partial charge in [-0.05, 0) is 25.1 Å². The fourth-order valence-corrected chi connectivity index (χ4v) is 1.63. The van der Waals surface area contributed by atoms with Gasteiger partial charge in [0, 0.05) is 5.56 Å². The molecule has 0 bridgehead atoms. The first-order chi connectivity index (χ1) is 8.61. The average molecular weight is 286 g/mol. The van der Waals surface area contributed by atoms with Crippen LogP contribution in [0, 0.1) is 0 Å². The summed E-state index contributed by atoms with van der Waals surface area (Å²) in [5.41, 5.74) is 0.762. The normalized spacial score (nSPS) is 10.4. The number of aromatic nitrogens is 1. The molecular formula is C12H9Cl2NO3. The van der Waals surface area contributed by atoms with Crippen LogP contribution in [0.5, 0.6) is 0 Å². The molecule has 0 fully saturated rings. The van der Waals surface area contributed by atoms with Crippen molar-refractivity contribution in [3.8, 4) is 11.5 Å². The number of benzene rings is 1. The van der Waals surface area contributed by atoms with E-state index < -0.39 is 5.97 Å². The molecule has 0 N–H and O–H groups in total. The van der Waals surface area contributed by atoms with Crippen molar-refractivity contribution in [2.75, 3.05) is 6.61 Å². The third-order valence-corrected chi connectivity index (χ3v) is 2.89. The van der Waals surface area contributed by atoms with Crippen LogP contribution in [-0.4, -0.2) is 17.6 Å². The van der Waals surface area contributed by atoms with E-state index in [2.05, 4.69) is 4.98 Å². The van der Waals surface area contributed by atoms with Crippen molar-refractivity contribution in [2.45, 2.75) is 6.92 Å². The zero-order chi connectivity index (χ0) is 13.1. The van der Waals surface area contributed by atoms with E-state index in [1.165, 1.54) is 6.26 Å². The predicted molar refractivity (Wildman–Crippen MR) is 67.9 cm³/mol.